The van der Waals surface area contributed by atoms with Crippen LogP contribution >= 0.6 is 27.5 Å². The number of hydrogen-bond acceptors (Lipinski definition) is 3. The minimum absolute atomic E-state index is 0.0216. The quantitative estimate of drug-likeness (QED) is 0.841. The van der Waals surface area contributed by atoms with Gasteiger partial charge in [0.1, 0.15) is 5.75 Å². The van der Waals surface area contributed by atoms with Crippen molar-refractivity contribution in [1.29, 1.82) is 0 Å². The Balaban J connectivity index is 2.19. The molecule has 0 saturated heterocycles. The van der Waals surface area contributed by atoms with Gasteiger partial charge in [0, 0.05) is 15.2 Å². The molecule has 20 heavy (non-hydrogen) atoms. The Morgan fingerprint density at radius 2 is 1.95 bits per heavy atom. The molecule has 0 amide bonds. The Morgan fingerprint density at radius 3 is 2.50 bits per heavy atom. The summed E-state index contributed by atoms with van der Waals surface area (Å²) in [5, 5.41) is 13.5. The van der Waals surface area contributed by atoms with Crippen molar-refractivity contribution in [1.82, 2.24) is 0 Å². The maximum absolute atomic E-state index is 9.59. The first-order chi connectivity index (χ1) is 9.63. The Kier molecular flexibility index (Phi) is 5.29. The van der Waals surface area contributed by atoms with Crippen molar-refractivity contribution in [3.63, 3.8) is 0 Å². The van der Waals surface area contributed by atoms with Gasteiger partial charge in [0.25, 0.3) is 0 Å². The van der Waals surface area contributed by atoms with E-state index < -0.39 is 0 Å². The van der Waals surface area contributed by atoms with Crippen molar-refractivity contribution in [2.75, 3.05) is 19.0 Å². The van der Waals surface area contributed by atoms with Crippen molar-refractivity contribution >= 4 is 33.2 Å². The smallest absolute Gasteiger partial charge is 0.119 e. The van der Waals surface area contributed by atoms with Crippen LogP contribution in [0.25, 0.3) is 0 Å². The molecule has 0 aliphatic rings. The lowest BCUT2D eigenvalue weighted by atomic mass is 10.1. The second-order valence-electron chi connectivity index (χ2n) is 4.27. The van der Waals surface area contributed by atoms with Crippen molar-refractivity contribution in [2.24, 2.45) is 0 Å². The van der Waals surface area contributed by atoms with Gasteiger partial charge in [0.15, 0.2) is 0 Å². The summed E-state index contributed by atoms with van der Waals surface area (Å²) in [5.74, 6) is 0.795. The fraction of sp³-hybridized carbons (Fsp3) is 0.200. The molecular weight excluding hydrogens is 342 g/mol. The molecule has 2 N–H and O–H groups in total. The van der Waals surface area contributed by atoms with E-state index in [1.165, 1.54) is 0 Å². The Morgan fingerprint density at radius 1 is 1.25 bits per heavy atom. The van der Waals surface area contributed by atoms with Gasteiger partial charge in [-0.25, -0.2) is 0 Å². The minimum Gasteiger partial charge on any atom is -0.497 e. The normalized spacial score (nSPS) is 12.0. The Bertz CT molecular complexity index is 575. The van der Waals surface area contributed by atoms with Crippen LogP contribution in [0.1, 0.15) is 11.6 Å². The highest BCUT2D eigenvalue weighted by Gasteiger charge is 2.13. The van der Waals surface area contributed by atoms with Crippen LogP contribution in [-0.2, 0) is 0 Å². The second-order valence-corrected chi connectivity index (χ2v) is 5.56. The van der Waals surface area contributed by atoms with Gasteiger partial charge in [0.2, 0.25) is 0 Å². The van der Waals surface area contributed by atoms with Gasteiger partial charge in [-0.05, 0) is 42.0 Å². The zero-order valence-corrected chi connectivity index (χ0v) is 13.3. The lowest BCUT2D eigenvalue weighted by Crippen LogP contribution is -2.15. The van der Waals surface area contributed by atoms with E-state index in [9.17, 15) is 5.11 Å². The first-order valence-corrected chi connectivity index (χ1v) is 7.27. The highest BCUT2D eigenvalue weighted by molar-refractivity contribution is 9.10. The summed E-state index contributed by atoms with van der Waals surface area (Å²) in [7, 11) is 1.63. The Hall–Kier alpha value is -1.23. The molecule has 2 rings (SSSR count). The summed E-state index contributed by atoms with van der Waals surface area (Å²) in [5.41, 5.74) is 1.86. The van der Waals surface area contributed by atoms with E-state index >= 15 is 0 Å². The lowest BCUT2D eigenvalue weighted by Gasteiger charge is -2.19. The van der Waals surface area contributed by atoms with Crippen LogP contribution in [0.4, 0.5) is 5.69 Å². The summed E-state index contributed by atoms with van der Waals surface area (Å²) in [6.07, 6.45) is 0. The van der Waals surface area contributed by atoms with Crippen LogP contribution in [0.3, 0.4) is 0 Å². The SMILES string of the molecule is COc1ccc(NC(CO)c2ccc(Cl)cc2Br)cc1. The van der Waals surface area contributed by atoms with Crippen LogP contribution in [0.2, 0.25) is 5.02 Å². The summed E-state index contributed by atoms with van der Waals surface area (Å²) in [6, 6.07) is 12.9. The summed E-state index contributed by atoms with van der Waals surface area (Å²) in [6.45, 7) is -0.0216. The standard InChI is InChI=1S/C15H15BrClNO2/c1-20-12-5-3-11(4-6-12)18-15(9-19)13-7-2-10(17)8-14(13)16/h2-8,15,18-19H,9H2,1H3. The first kappa shape index (κ1) is 15.2. The molecule has 1 atom stereocenters. The van der Waals surface area contributed by atoms with Crippen LogP contribution in [0.5, 0.6) is 5.75 Å². The molecule has 0 aromatic heterocycles. The fourth-order valence-corrected chi connectivity index (χ4v) is 2.85. The molecule has 0 spiro atoms. The first-order valence-electron chi connectivity index (χ1n) is 6.10. The van der Waals surface area contributed by atoms with E-state index in [1.54, 1.807) is 13.2 Å². The van der Waals surface area contributed by atoms with Crippen LogP contribution in [0, 0.1) is 0 Å². The van der Waals surface area contributed by atoms with E-state index in [0.29, 0.717) is 5.02 Å². The number of aliphatic hydroxyl groups excluding tert-OH is 1. The predicted octanol–water partition coefficient (Wildman–Crippen LogP) is 4.26. The number of rotatable bonds is 5. The largest absolute Gasteiger partial charge is 0.497 e. The molecule has 0 radical (unpaired) electrons. The highest BCUT2D eigenvalue weighted by Crippen LogP contribution is 2.29. The fourth-order valence-electron chi connectivity index (χ4n) is 1.89. The molecule has 0 aliphatic heterocycles. The molecule has 106 valence electrons. The monoisotopic (exact) mass is 355 g/mol. The minimum atomic E-state index is -0.213. The van der Waals surface area contributed by atoms with Crippen molar-refractivity contribution < 1.29 is 9.84 Å². The summed E-state index contributed by atoms with van der Waals surface area (Å²) >= 11 is 9.40. The predicted molar refractivity (Wildman–Crippen MR) is 85.6 cm³/mol. The van der Waals surface area contributed by atoms with Gasteiger partial charge in [-0.15, -0.1) is 0 Å². The van der Waals surface area contributed by atoms with Gasteiger partial charge in [0.05, 0.1) is 19.8 Å². The van der Waals surface area contributed by atoms with Crippen LogP contribution in [0.15, 0.2) is 46.9 Å². The summed E-state index contributed by atoms with van der Waals surface area (Å²) < 4.78 is 5.98. The zero-order chi connectivity index (χ0) is 14.5. The van der Waals surface area contributed by atoms with E-state index in [0.717, 1.165) is 21.5 Å². The van der Waals surface area contributed by atoms with E-state index in [1.807, 2.05) is 36.4 Å². The van der Waals surface area contributed by atoms with Crippen molar-refractivity contribution in [3.05, 3.63) is 57.5 Å². The number of halogens is 2. The van der Waals surface area contributed by atoms with Crippen LogP contribution < -0.4 is 10.1 Å². The number of methoxy groups -OCH3 is 1. The lowest BCUT2D eigenvalue weighted by molar-refractivity contribution is 0.276. The second kappa shape index (κ2) is 6.97. The van der Waals surface area contributed by atoms with E-state index in [4.69, 9.17) is 16.3 Å². The molecule has 5 heteroatoms. The molecule has 0 saturated carbocycles. The highest BCUT2D eigenvalue weighted by atomic mass is 79.9. The van der Waals surface area contributed by atoms with E-state index in [-0.39, 0.29) is 12.6 Å². The van der Waals surface area contributed by atoms with Gasteiger partial charge < -0.3 is 15.2 Å². The molecule has 0 fully saturated rings. The molecule has 1 unspecified atom stereocenters. The van der Waals surface area contributed by atoms with Crippen molar-refractivity contribution in [2.45, 2.75) is 6.04 Å². The molecule has 0 heterocycles. The molecule has 0 bridgehead atoms. The number of hydrogen-bond donors (Lipinski definition) is 2. The third-order valence-corrected chi connectivity index (χ3v) is 3.87. The van der Waals surface area contributed by atoms with Crippen LogP contribution in [-0.4, -0.2) is 18.8 Å². The molecule has 2 aromatic rings. The number of anilines is 1. The number of benzene rings is 2. The molecule has 3 nitrogen and oxygen atoms in total. The maximum Gasteiger partial charge on any atom is 0.119 e. The maximum atomic E-state index is 9.59. The third-order valence-electron chi connectivity index (χ3n) is 2.95. The third kappa shape index (κ3) is 3.66. The average molecular weight is 357 g/mol. The topological polar surface area (TPSA) is 41.5 Å². The Labute approximate surface area is 131 Å². The van der Waals surface area contributed by atoms with Gasteiger partial charge in [-0.2, -0.15) is 0 Å². The zero-order valence-electron chi connectivity index (χ0n) is 10.9. The molecular formula is C15H15BrClNO2. The summed E-state index contributed by atoms with van der Waals surface area (Å²) in [4.78, 5) is 0. The molecule has 2 aromatic carbocycles. The van der Waals surface area contributed by atoms with Crippen molar-refractivity contribution in [3.8, 4) is 5.75 Å². The van der Waals surface area contributed by atoms with Gasteiger partial charge >= 0.3 is 0 Å². The van der Waals surface area contributed by atoms with Gasteiger partial charge in [-0.3, -0.25) is 0 Å². The van der Waals surface area contributed by atoms with E-state index in [2.05, 4.69) is 21.2 Å². The average Bonchev–Trinajstić information content (AvgIpc) is 2.46. The molecule has 0 aliphatic carbocycles. The number of aliphatic hydroxyl groups is 1. The number of nitrogens with one attached hydrogen (secondary N) is 1. The number of ether oxygens (including phenoxy) is 1. The van der Waals surface area contributed by atoms with Gasteiger partial charge in [-0.1, -0.05) is 33.6 Å².